The summed E-state index contributed by atoms with van der Waals surface area (Å²) < 4.78 is 59.6. The minimum absolute atomic E-state index is 0.208. The molecule has 0 fully saturated rings. The van der Waals surface area contributed by atoms with E-state index in [4.69, 9.17) is 10.2 Å². The van der Waals surface area contributed by atoms with Gasteiger partial charge in [-0.25, -0.2) is 0 Å². The minimum atomic E-state index is -11.3. The first-order valence-corrected chi connectivity index (χ1v) is 9.34. The predicted octanol–water partition coefficient (Wildman–Crippen LogP) is -1.04. The Morgan fingerprint density at radius 3 is 0.800 bits per heavy atom. The predicted molar refractivity (Wildman–Crippen MR) is 36.3 cm³/mol. The van der Waals surface area contributed by atoms with Crippen molar-refractivity contribution in [3.05, 3.63) is 0 Å². The molecule has 0 heterocycles. The quantitative estimate of drug-likeness (QED) is 0.487. The van der Waals surface area contributed by atoms with E-state index in [0.717, 1.165) is 0 Å². The third-order valence-corrected chi connectivity index (χ3v) is 0.316. The van der Waals surface area contributed by atoms with Crippen molar-refractivity contribution >= 4 is 0 Å². The summed E-state index contributed by atoms with van der Waals surface area (Å²) >= 11 is -11.3. The fraction of sp³-hybridized carbons (Fsp3) is 1.00. The SMILES string of the molecule is [F][Zr-2]([F])([F])([F])([F])[F].[NH3+]CCO.[NH3+]CCO. The number of quaternary nitrogens is 2. The van der Waals surface area contributed by atoms with Gasteiger partial charge < -0.3 is 21.7 Å². The molecule has 0 aliphatic rings. The second kappa shape index (κ2) is 6.79. The molecule has 15 heavy (non-hydrogen) atoms. The normalized spacial score (nSPS) is 14.8. The number of aliphatic hydroxyl groups is 2. The summed E-state index contributed by atoms with van der Waals surface area (Å²) in [5.74, 6) is 0. The molecule has 0 aliphatic carbocycles. The summed E-state index contributed by atoms with van der Waals surface area (Å²) in [4.78, 5) is 0. The van der Waals surface area contributed by atoms with Crippen molar-refractivity contribution in [2.24, 2.45) is 0 Å². The average molecular weight is 329 g/mol. The molecule has 0 aromatic carbocycles. The summed E-state index contributed by atoms with van der Waals surface area (Å²) in [6.45, 7) is 1.67. The Hall–Kier alpha value is 0.303. The molecule has 11 heteroatoms. The third-order valence-electron chi connectivity index (χ3n) is 0.316. The minimum Gasteiger partial charge on any atom is -0.391 e. The fourth-order valence-corrected chi connectivity index (χ4v) is 0. The molecule has 0 radical (unpaired) electrons. The van der Waals surface area contributed by atoms with E-state index in [-0.39, 0.29) is 13.2 Å². The summed E-state index contributed by atoms with van der Waals surface area (Å²) in [6, 6.07) is 0. The first kappa shape index (κ1) is 20.7. The zero-order valence-corrected chi connectivity index (χ0v) is 10.4. The Balaban J connectivity index is -0.000000155. The van der Waals surface area contributed by atoms with Crippen molar-refractivity contribution in [3.63, 3.8) is 0 Å². The van der Waals surface area contributed by atoms with Gasteiger partial charge in [-0.2, -0.15) is 0 Å². The third kappa shape index (κ3) is 408. The van der Waals surface area contributed by atoms with Gasteiger partial charge in [0.1, 0.15) is 0 Å². The van der Waals surface area contributed by atoms with Crippen LogP contribution in [0.25, 0.3) is 0 Å². The van der Waals surface area contributed by atoms with Gasteiger partial charge in [-0.3, -0.25) is 0 Å². The molecule has 0 saturated carbocycles. The maximum absolute atomic E-state index is 11.3. The molecule has 4 nitrogen and oxygen atoms in total. The molecule has 0 saturated heterocycles. The zero-order chi connectivity index (χ0) is 13.2. The van der Waals surface area contributed by atoms with Crippen molar-refractivity contribution in [2.75, 3.05) is 26.3 Å². The van der Waals surface area contributed by atoms with E-state index in [9.17, 15) is 15.8 Å². The largest absolute Gasteiger partial charge is 0.391 e. The van der Waals surface area contributed by atoms with Gasteiger partial charge in [0, 0.05) is 0 Å². The van der Waals surface area contributed by atoms with Gasteiger partial charge in [0.25, 0.3) is 0 Å². The van der Waals surface area contributed by atoms with Crippen LogP contribution >= 0.6 is 0 Å². The topological polar surface area (TPSA) is 95.7 Å². The van der Waals surface area contributed by atoms with E-state index in [1.54, 1.807) is 0 Å². The molecular weight excluding hydrogens is 313 g/mol. The number of hydrogen-bond acceptors (Lipinski definition) is 2. The molecule has 100 valence electrons. The Labute approximate surface area is 85.0 Å². The van der Waals surface area contributed by atoms with Crippen LogP contribution < -0.4 is 11.5 Å². The zero-order valence-electron chi connectivity index (χ0n) is 7.90. The maximum Gasteiger partial charge on any atom is 0.0974 e. The van der Waals surface area contributed by atoms with E-state index < -0.39 is 21.0 Å². The molecule has 0 aromatic heterocycles. The van der Waals surface area contributed by atoms with Crippen molar-refractivity contribution in [3.8, 4) is 0 Å². The van der Waals surface area contributed by atoms with Crippen LogP contribution in [0.2, 0.25) is 0 Å². The Morgan fingerprint density at radius 1 is 0.733 bits per heavy atom. The molecule has 0 spiro atoms. The Kier molecular flexibility index (Phi) is 9.37. The summed E-state index contributed by atoms with van der Waals surface area (Å²) in [5, 5.41) is 15.6. The van der Waals surface area contributed by atoms with Gasteiger partial charge in [0.15, 0.2) is 0 Å². The molecular formula is C4H16F6N2O2Zr. The van der Waals surface area contributed by atoms with E-state index in [1.807, 2.05) is 0 Å². The smallest absolute Gasteiger partial charge is 0.0974 e. The van der Waals surface area contributed by atoms with Crippen LogP contribution in [0.1, 0.15) is 0 Å². The first-order chi connectivity index (χ1) is 6.28. The van der Waals surface area contributed by atoms with E-state index >= 15 is 0 Å². The van der Waals surface area contributed by atoms with E-state index in [0.29, 0.717) is 13.1 Å². The van der Waals surface area contributed by atoms with Crippen molar-refractivity contribution in [1.82, 2.24) is 0 Å². The Bertz CT molecular complexity index is 126. The standard InChI is InChI=1S/2C2H7NO.6FH.Zr/c2*3-1-2-4;;;;;;;/h2*4H,1-3H2;6*1H;/q;;;;;;;;+4/p-4. The summed E-state index contributed by atoms with van der Waals surface area (Å²) in [7, 11) is 0. The summed E-state index contributed by atoms with van der Waals surface area (Å²) in [5.41, 5.74) is 6.71. The molecule has 0 aromatic rings. The number of halogens is 6. The molecule has 0 bridgehead atoms. The van der Waals surface area contributed by atoms with Gasteiger partial charge in [0.2, 0.25) is 0 Å². The van der Waals surface area contributed by atoms with Crippen LogP contribution in [0, 0.1) is 0 Å². The number of rotatable bonds is 2. The van der Waals surface area contributed by atoms with Crippen LogP contribution in [0.4, 0.5) is 15.8 Å². The van der Waals surface area contributed by atoms with E-state index in [1.165, 1.54) is 0 Å². The van der Waals surface area contributed by atoms with Crippen LogP contribution in [-0.2, 0) is 21.0 Å². The number of aliphatic hydroxyl groups excluding tert-OH is 2. The van der Waals surface area contributed by atoms with Gasteiger partial charge in [0.05, 0.1) is 26.3 Å². The fourth-order valence-electron chi connectivity index (χ4n) is 0. The molecule has 0 aliphatic heterocycles. The number of hydrogen-bond donors (Lipinski definition) is 4. The average Bonchev–Trinajstić information content (AvgIpc) is 1.99. The van der Waals surface area contributed by atoms with Crippen LogP contribution in [-0.4, -0.2) is 36.5 Å². The summed E-state index contributed by atoms with van der Waals surface area (Å²) in [6.07, 6.45) is 0. The molecule has 8 N–H and O–H groups in total. The van der Waals surface area contributed by atoms with Crippen molar-refractivity contribution in [1.29, 1.82) is 0 Å². The molecule has 0 amide bonds. The first-order valence-electron chi connectivity index (χ1n) is 3.77. The molecule has 0 atom stereocenters. The van der Waals surface area contributed by atoms with Gasteiger partial charge >= 0.3 is 36.7 Å². The van der Waals surface area contributed by atoms with Gasteiger partial charge in [-0.05, 0) is 0 Å². The van der Waals surface area contributed by atoms with E-state index in [2.05, 4.69) is 11.5 Å². The monoisotopic (exact) mass is 328 g/mol. The van der Waals surface area contributed by atoms with Gasteiger partial charge in [-0.15, -0.1) is 0 Å². The second-order valence-corrected chi connectivity index (χ2v) is 7.49. The van der Waals surface area contributed by atoms with Crippen LogP contribution in [0.5, 0.6) is 0 Å². The Morgan fingerprint density at radius 2 is 0.800 bits per heavy atom. The van der Waals surface area contributed by atoms with Crippen molar-refractivity contribution < 1.29 is 58.4 Å². The van der Waals surface area contributed by atoms with Crippen molar-refractivity contribution in [2.45, 2.75) is 0 Å². The van der Waals surface area contributed by atoms with Gasteiger partial charge in [-0.1, -0.05) is 0 Å². The van der Waals surface area contributed by atoms with Crippen LogP contribution in [0.3, 0.4) is 0 Å². The van der Waals surface area contributed by atoms with Crippen LogP contribution in [0.15, 0.2) is 0 Å². The molecule has 0 unspecified atom stereocenters. The maximum atomic E-state index is 9.93. The molecule has 0 rings (SSSR count). The second-order valence-electron chi connectivity index (χ2n) is 2.23.